The third-order valence-electron chi connectivity index (χ3n) is 2.89. The molecule has 1 unspecified atom stereocenters. The Bertz CT molecular complexity index is 619. The maximum absolute atomic E-state index is 11.5. The van der Waals surface area contributed by atoms with Gasteiger partial charge < -0.3 is 13.9 Å². The molecule has 2 aromatic rings. The zero-order chi connectivity index (χ0) is 14.9. The first-order chi connectivity index (χ1) is 9.30. The fraction of sp³-hybridized carbons (Fsp3) is 0.438. The summed E-state index contributed by atoms with van der Waals surface area (Å²) >= 11 is 0. The SMILES string of the molecule is COC(=O)c1ccc2oc(C(C)OC(C)(C)C)cc2c1. The van der Waals surface area contributed by atoms with Gasteiger partial charge in [-0.25, -0.2) is 4.79 Å². The molecule has 1 aromatic carbocycles. The van der Waals surface area contributed by atoms with Gasteiger partial charge in [0.05, 0.1) is 18.3 Å². The van der Waals surface area contributed by atoms with Gasteiger partial charge in [-0.05, 0) is 52.0 Å². The minimum absolute atomic E-state index is 0.149. The molecule has 0 aliphatic heterocycles. The second-order valence-corrected chi connectivity index (χ2v) is 5.77. The Morgan fingerprint density at radius 3 is 2.55 bits per heavy atom. The van der Waals surface area contributed by atoms with Gasteiger partial charge in [-0.2, -0.15) is 0 Å². The van der Waals surface area contributed by atoms with Crippen LogP contribution in [-0.2, 0) is 9.47 Å². The number of furan rings is 1. The van der Waals surface area contributed by atoms with Crippen LogP contribution in [0.5, 0.6) is 0 Å². The molecule has 0 saturated carbocycles. The molecule has 1 atom stereocenters. The van der Waals surface area contributed by atoms with Crippen LogP contribution in [0.4, 0.5) is 0 Å². The number of methoxy groups -OCH3 is 1. The zero-order valence-electron chi connectivity index (χ0n) is 12.5. The van der Waals surface area contributed by atoms with E-state index in [1.54, 1.807) is 18.2 Å². The largest absolute Gasteiger partial charge is 0.465 e. The van der Waals surface area contributed by atoms with Crippen molar-refractivity contribution < 1.29 is 18.7 Å². The van der Waals surface area contributed by atoms with Gasteiger partial charge >= 0.3 is 5.97 Å². The molecule has 0 aliphatic carbocycles. The molecule has 0 radical (unpaired) electrons. The summed E-state index contributed by atoms with van der Waals surface area (Å²) in [6, 6.07) is 7.13. The Morgan fingerprint density at radius 1 is 1.25 bits per heavy atom. The van der Waals surface area contributed by atoms with Crippen molar-refractivity contribution in [2.75, 3.05) is 7.11 Å². The van der Waals surface area contributed by atoms with E-state index in [4.69, 9.17) is 13.9 Å². The molecule has 0 fully saturated rings. The van der Waals surface area contributed by atoms with E-state index in [1.165, 1.54) is 7.11 Å². The minimum atomic E-state index is -0.353. The summed E-state index contributed by atoms with van der Waals surface area (Å²) in [5.41, 5.74) is 1.00. The van der Waals surface area contributed by atoms with Gasteiger partial charge in [0.15, 0.2) is 0 Å². The van der Waals surface area contributed by atoms with Crippen LogP contribution in [0.1, 0.15) is 49.9 Å². The highest BCUT2D eigenvalue weighted by Crippen LogP contribution is 2.29. The molecule has 1 aromatic heterocycles. The highest BCUT2D eigenvalue weighted by Gasteiger charge is 2.20. The average Bonchev–Trinajstić information content (AvgIpc) is 2.78. The lowest BCUT2D eigenvalue weighted by molar-refractivity contribution is -0.0608. The van der Waals surface area contributed by atoms with Crippen LogP contribution in [0.25, 0.3) is 11.0 Å². The minimum Gasteiger partial charge on any atom is -0.465 e. The number of carbonyl (C=O) groups is 1. The zero-order valence-corrected chi connectivity index (χ0v) is 12.5. The number of esters is 1. The Labute approximate surface area is 118 Å². The van der Waals surface area contributed by atoms with Crippen molar-refractivity contribution in [2.45, 2.75) is 39.4 Å². The first-order valence-corrected chi connectivity index (χ1v) is 6.60. The molecule has 0 spiro atoms. The summed E-state index contributed by atoms with van der Waals surface area (Å²) in [4.78, 5) is 11.5. The molecule has 0 aliphatic rings. The molecule has 4 nitrogen and oxygen atoms in total. The van der Waals surface area contributed by atoms with E-state index in [0.717, 1.165) is 16.7 Å². The van der Waals surface area contributed by atoms with Crippen molar-refractivity contribution in [1.29, 1.82) is 0 Å². The Kier molecular flexibility index (Phi) is 3.86. The lowest BCUT2D eigenvalue weighted by atomic mass is 10.1. The summed E-state index contributed by atoms with van der Waals surface area (Å²) in [5, 5.41) is 0.868. The fourth-order valence-electron chi connectivity index (χ4n) is 2.10. The first kappa shape index (κ1) is 14.6. The molecular formula is C16H20O4. The molecule has 20 heavy (non-hydrogen) atoms. The molecule has 1 heterocycles. The summed E-state index contributed by atoms with van der Waals surface area (Å²) in [7, 11) is 1.37. The van der Waals surface area contributed by atoms with Gasteiger partial charge in [0.25, 0.3) is 0 Å². The second kappa shape index (κ2) is 5.29. The standard InChI is InChI=1S/C16H20O4/c1-10(20-16(2,3)4)14-9-12-8-11(15(17)18-5)6-7-13(12)19-14/h6-10H,1-5H3. The molecule has 4 heteroatoms. The fourth-order valence-corrected chi connectivity index (χ4v) is 2.10. The Morgan fingerprint density at radius 2 is 1.95 bits per heavy atom. The predicted molar refractivity (Wildman–Crippen MR) is 76.8 cm³/mol. The van der Waals surface area contributed by atoms with E-state index >= 15 is 0 Å². The Balaban J connectivity index is 2.31. The van der Waals surface area contributed by atoms with Gasteiger partial charge in [-0.1, -0.05) is 0 Å². The number of hydrogen-bond acceptors (Lipinski definition) is 4. The average molecular weight is 276 g/mol. The normalized spacial score (nSPS) is 13.4. The number of rotatable bonds is 3. The number of carbonyl (C=O) groups excluding carboxylic acids is 1. The van der Waals surface area contributed by atoms with Crippen LogP contribution in [0, 0.1) is 0 Å². The predicted octanol–water partition coefficient (Wildman–Crippen LogP) is 4.10. The van der Waals surface area contributed by atoms with Crippen molar-refractivity contribution >= 4 is 16.9 Å². The maximum atomic E-state index is 11.5. The van der Waals surface area contributed by atoms with Crippen LogP contribution in [0.2, 0.25) is 0 Å². The van der Waals surface area contributed by atoms with E-state index in [1.807, 2.05) is 33.8 Å². The van der Waals surface area contributed by atoms with E-state index in [9.17, 15) is 4.79 Å². The van der Waals surface area contributed by atoms with Crippen LogP contribution in [0.3, 0.4) is 0 Å². The van der Waals surface area contributed by atoms with Crippen LogP contribution in [0.15, 0.2) is 28.7 Å². The second-order valence-electron chi connectivity index (χ2n) is 5.77. The number of benzene rings is 1. The van der Waals surface area contributed by atoms with Crippen molar-refractivity contribution in [3.05, 3.63) is 35.6 Å². The summed E-state index contributed by atoms with van der Waals surface area (Å²) < 4.78 is 16.3. The third-order valence-corrected chi connectivity index (χ3v) is 2.89. The Hall–Kier alpha value is -1.81. The molecule has 0 amide bonds. The van der Waals surface area contributed by atoms with E-state index in [-0.39, 0.29) is 17.7 Å². The molecule has 0 saturated heterocycles. The number of fused-ring (bicyclic) bond motifs is 1. The van der Waals surface area contributed by atoms with Crippen LogP contribution in [-0.4, -0.2) is 18.7 Å². The van der Waals surface area contributed by atoms with Gasteiger partial charge in [-0.3, -0.25) is 0 Å². The third kappa shape index (κ3) is 3.20. The molecule has 2 rings (SSSR count). The van der Waals surface area contributed by atoms with E-state index < -0.39 is 0 Å². The van der Waals surface area contributed by atoms with Crippen LogP contribution >= 0.6 is 0 Å². The summed E-state index contributed by atoms with van der Waals surface area (Å²) in [6.45, 7) is 7.95. The lowest BCUT2D eigenvalue weighted by Crippen LogP contribution is -2.20. The van der Waals surface area contributed by atoms with Crippen molar-refractivity contribution in [1.82, 2.24) is 0 Å². The molecule has 108 valence electrons. The number of ether oxygens (including phenoxy) is 2. The lowest BCUT2D eigenvalue weighted by Gasteiger charge is -2.23. The number of hydrogen-bond donors (Lipinski definition) is 0. The first-order valence-electron chi connectivity index (χ1n) is 6.60. The van der Waals surface area contributed by atoms with Gasteiger partial charge in [0.1, 0.15) is 17.4 Å². The van der Waals surface area contributed by atoms with Crippen molar-refractivity contribution in [2.24, 2.45) is 0 Å². The van der Waals surface area contributed by atoms with Gasteiger partial charge in [0.2, 0.25) is 0 Å². The van der Waals surface area contributed by atoms with E-state index in [0.29, 0.717) is 5.56 Å². The smallest absolute Gasteiger partial charge is 0.337 e. The van der Waals surface area contributed by atoms with Crippen molar-refractivity contribution in [3.63, 3.8) is 0 Å². The highest BCUT2D eigenvalue weighted by atomic mass is 16.5. The summed E-state index contributed by atoms with van der Waals surface area (Å²) in [5.74, 6) is 0.394. The molecule has 0 N–H and O–H groups in total. The van der Waals surface area contributed by atoms with E-state index in [2.05, 4.69) is 0 Å². The highest BCUT2D eigenvalue weighted by molar-refractivity contribution is 5.94. The monoisotopic (exact) mass is 276 g/mol. The van der Waals surface area contributed by atoms with Gasteiger partial charge in [-0.15, -0.1) is 0 Å². The summed E-state index contributed by atoms with van der Waals surface area (Å²) in [6.07, 6.45) is -0.149. The molecular weight excluding hydrogens is 256 g/mol. The maximum Gasteiger partial charge on any atom is 0.337 e. The quantitative estimate of drug-likeness (QED) is 0.792. The molecule has 0 bridgehead atoms. The van der Waals surface area contributed by atoms with Gasteiger partial charge in [0, 0.05) is 5.39 Å². The van der Waals surface area contributed by atoms with Crippen LogP contribution < -0.4 is 0 Å². The van der Waals surface area contributed by atoms with Crippen molar-refractivity contribution in [3.8, 4) is 0 Å². The topological polar surface area (TPSA) is 48.7 Å².